The van der Waals surface area contributed by atoms with Crippen LogP contribution in [0.5, 0.6) is 0 Å². The molecule has 2 heterocycles. The van der Waals surface area contributed by atoms with Gasteiger partial charge in [-0.25, -0.2) is 9.97 Å². The highest BCUT2D eigenvalue weighted by molar-refractivity contribution is 6.41. The van der Waals surface area contributed by atoms with Crippen LogP contribution in [-0.2, 0) is 12.8 Å². The minimum absolute atomic E-state index is 0.997. The van der Waals surface area contributed by atoms with E-state index >= 15 is 0 Å². The molecule has 2 heteroatoms. The smallest absolute Gasteiger partial charge is 0.0801 e. The van der Waals surface area contributed by atoms with Crippen molar-refractivity contribution in [2.45, 2.75) is 26.7 Å². The van der Waals surface area contributed by atoms with Crippen molar-refractivity contribution in [2.24, 2.45) is 0 Å². The van der Waals surface area contributed by atoms with Gasteiger partial charge >= 0.3 is 0 Å². The lowest BCUT2D eigenvalue weighted by Crippen LogP contribution is -1.99. The molecule has 0 bridgehead atoms. The number of fused-ring (bicyclic) bond motifs is 6. The summed E-state index contributed by atoms with van der Waals surface area (Å²) in [5.74, 6) is 0. The number of aryl methyl sites for hydroxylation is 2. The standard InChI is InChI=1S/C52H34N2/c1-3-29-21-23-37(33-15-7-5-13-31(29)33)45-35-17-9-11-19-39(35)51-47-41(45)25-27-43-49(47)50-44(53-51)28-26-42-46(36-18-10-12-20-40(36)52(54-43)48(42)50)38-24-22-30(4-2)32-14-6-8-16-34(32)38/h5-28H,3-4H2,1-2H3. The third-order valence-electron chi connectivity index (χ3n) is 12.3. The number of hydrogen-bond donors (Lipinski definition) is 0. The molecule has 0 radical (unpaired) electrons. The van der Waals surface area contributed by atoms with Crippen molar-refractivity contribution in [3.05, 3.63) is 157 Å². The second kappa shape index (κ2) is 10.9. The molecule has 0 saturated carbocycles. The fourth-order valence-electron chi connectivity index (χ4n) is 9.99. The monoisotopic (exact) mass is 686 g/mol. The van der Waals surface area contributed by atoms with Gasteiger partial charge in [-0.15, -0.1) is 0 Å². The van der Waals surface area contributed by atoms with Crippen LogP contribution < -0.4 is 0 Å². The van der Waals surface area contributed by atoms with Crippen molar-refractivity contribution >= 4 is 97.5 Å². The average molecular weight is 687 g/mol. The van der Waals surface area contributed by atoms with E-state index in [0.29, 0.717) is 0 Å². The van der Waals surface area contributed by atoms with Crippen molar-refractivity contribution in [3.8, 4) is 22.3 Å². The van der Waals surface area contributed by atoms with Gasteiger partial charge in [-0.2, -0.15) is 0 Å². The van der Waals surface area contributed by atoms with Crippen LogP contribution in [0, 0.1) is 0 Å². The van der Waals surface area contributed by atoms with Crippen molar-refractivity contribution < 1.29 is 0 Å². The summed E-state index contributed by atoms with van der Waals surface area (Å²) in [7, 11) is 0. The zero-order chi connectivity index (χ0) is 35.7. The Bertz CT molecular complexity index is 3290. The second-order valence-corrected chi connectivity index (χ2v) is 14.9. The van der Waals surface area contributed by atoms with Gasteiger partial charge in [0.25, 0.3) is 0 Å². The van der Waals surface area contributed by atoms with Crippen molar-refractivity contribution in [1.29, 1.82) is 0 Å². The molecule has 12 rings (SSSR count). The van der Waals surface area contributed by atoms with Gasteiger partial charge in [-0.3, -0.25) is 0 Å². The Morgan fingerprint density at radius 1 is 0.315 bits per heavy atom. The normalized spacial score (nSPS) is 12.4. The van der Waals surface area contributed by atoms with Crippen LogP contribution in [0.1, 0.15) is 25.0 Å². The van der Waals surface area contributed by atoms with E-state index in [1.807, 2.05) is 0 Å². The Labute approximate surface area is 312 Å². The van der Waals surface area contributed by atoms with Gasteiger partial charge in [-0.05, 0) is 101 Å². The topological polar surface area (TPSA) is 25.8 Å². The van der Waals surface area contributed by atoms with E-state index in [4.69, 9.17) is 9.97 Å². The molecular weight excluding hydrogens is 653 g/mol. The zero-order valence-electron chi connectivity index (χ0n) is 30.2. The first-order valence-electron chi connectivity index (χ1n) is 19.2. The minimum Gasteiger partial charge on any atom is -0.247 e. The second-order valence-electron chi connectivity index (χ2n) is 14.9. The Morgan fingerprint density at radius 2 is 0.685 bits per heavy atom. The highest BCUT2D eigenvalue weighted by Crippen LogP contribution is 2.51. The molecule has 54 heavy (non-hydrogen) atoms. The molecule has 0 aliphatic carbocycles. The maximum absolute atomic E-state index is 5.61. The number of pyridine rings is 2. The third-order valence-corrected chi connectivity index (χ3v) is 12.3. The SMILES string of the molecule is CCc1ccc(-c2c3ccccc3c3nc4ccc5c(-c6ccc(CC)c7ccccc67)c6ccccc6c6nc7ccc2c3c7c4c56)c2ccccc12. The zero-order valence-corrected chi connectivity index (χ0v) is 30.2. The largest absolute Gasteiger partial charge is 0.247 e. The van der Waals surface area contributed by atoms with Crippen LogP contribution >= 0.6 is 0 Å². The first-order chi connectivity index (χ1) is 26.7. The molecule has 2 nitrogen and oxygen atoms in total. The van der Waals surface area contributed by atoms with Crippen LogP contribution in [0.15, 0.2) is 146 Å². The lowest BCUT2D eigenvalue weighted by Gasteiger charge is -2.22. The lowest BCUT2D eigenvalue weighted by atomic mass is 9.83. The maximum Gasteiger partial charge on any atom is 0.0801 e. The average Bonchev–Trinajstić information content (AvgIpc) is 3.24. The van der Waals surface area contributed by atoms with E-state index in [2.05, 4.69) is 159 Å². The van der Waals surface area contributed by atoms with Crippen LogP contribution in [0.3, 0.4) is 0 Å². The first kappa shape index (κ1) is 29.9. The molecule has 2 aromatic heterocycles. The molecule has 252 valence electrons. The quantitative estimate of drug-likeness (QED) is 0.136. The summed E-state index contributed by atoms with van der Waals surface area (Å²) >= 11 is 0. The van der Waals surface area contributed by atoms with E-state index in [9.17, 15) is 0 Å². The lowest BCUT2D eigenvalue weighted by molar-refractivity contribution is 1.16. The summed E-state index contributed by atoms with van der Waals surface area (Å²) in [5.41, 5.74) is 11.9. The summed E-state index contributed by atoms with van der Waals surface area (Å²) < 4.78 is 0. The molecule has 10 aromatic carbocycles. The van der Waals surface area contributed by atoms with Crippen molar-refractivity contribution in [2.75, 3.05) is 0 Å². The Balaban J connectivity index is 1.29. The predicted octanol–water partition coefficient (Wildman–Crippen LogP) is 14.2. The molecular formula is C52H34N2. The molecule has 12 aromatic rings. The molecule has 0 atom stereocenters. The molecule has 0 aliphatic heterocycles. The summed E-state index contributed by atoms with van der Waals surface area (Å²) in [6.07, 6.45) is 1.99. The number of rotatable bonds is 4. The van der Waals surface area contributed by atoms with Crippen LogP contribution in [0.25, 0.3) is 120 Å². The Morgan fingerprint density at radius 3 is 1.09 bits per heavy atom. The van der Waals surface area contributed by atoms with E-state index in [0.717, 1.165) is 34.9 Å². The number of hydrogen-bond acceptors (Lipinski definition) is 2. The van der Waals surface area contributed by atoms with E-state index in [-0.39, 0.29) is 0 Å². The van der Waals surface area contributed by atoms with E-state index < -0.39 is 0 Å². The molecule has 0 spiro atoms. The fraction of sp³-hybridized carbons (Fsp3) is 0.0769. The Hall–Kier alpha value is -6.64. The predicted molar refractivity (Wildman–Crippen MR) is 232 cm³/mol. The summed E-state index contributed by atoms with van der Waals surface area (Å²) in [4.78, 5) is 11.2. The highest BCUT2D eigenvalue weighted by Gasteiger charge is 2.26. The van der Waals surface area contributed by atoms with Gasteiger partial charge in [-0.1, -0.05) is 147 Å². The molecule has 0 fully saturated rings. The first-order valence-corrected chi connectivity index (χ1v) is 19.2. The van der Waals surface area contributed by atoms with E-state index in [1.165, 1.54) is 109 Å². The van der Waals surface area contributed by atoms with Gasteiger partial charge in [0.1, 0.15) is 0 Å². The van der Waals surface area contributed by atoms with Gasteiger partial charge < -0.3 is 0 Å². The summed E-state index contributed by atoms with van der Waals surface area (Å²) in [6, 6.07) is 54.1. The number of benzene rings is 10. The third kappa shape index (κ3) is 3.80. The Kier molecular flexibility index (Phi) is 6.06. The van der Waals surface area contributed by atoms with Gasteiger partial charge in [0.05, 0.1) is 22.1 Å². The minimum atomic E-state index is 0.997. The molecule has 0 unspecified atom stereocenters. The fourth-order valence-corrected chi connectivity index (χ4v) is 9.99. The highest BCUT2D eigenvalue weighted by atomic mass is 14.7. The van der Waals surface area contributed by atoms with Gasteiger partial charge in [0.2, 0.25) is 0 Å². The molecule has 0 N–H and O–H groups in total. The van der Waals surface area contributed by atoms with Crippen LogP contribution in [-0.4, -0.2) is 9.97 Å². The van der Waals surface area contributed by atoms with E-state index in [1.54, 1.807) is 0 Å². The molecule has 0 amide bonds. The summed E-state index contributed by atoms with van der Waals surface area (Å²) in [6.45, 7) is 4.50. The summed E-state index contributed by atoms with van der Waals surface area (Å²) in [5, 5.41) is 17.3. The van der Waals surface area contributed by atoms with Crippen molar-refractivity contribution in [3.63, 3.8) is 0 Å². The maximum atomic E-state index is 5.61. The molecule has 0 saturated heterocycles. The molecule has 0 aliphatic rings. The van der Waals surface area contributed by atoms with Crippen LogP contribution in [0.2, 0.25) is 0 Å². The van der Waals surface area contributed by atoms with Crippen LogP contribution in [0.4, 0.5) is 0 Å². The van der Waals surface area contributed by atoms with Crippen molar-refractivity contribution in [1.82, 2.24) is 9.97 Å². The van der Waals surface area contributed by atoms with Gasteiger partial charge in [0.15, 0.2) is 0 Å². The van der Waals surface area contributed by atoms with Gasteiger partial charge in [0, 0.05) is 32.3 Å². The number of aromatic nitrogens is 2. The number of nitrogens with zero attached hydrogens (tertiary/aromatic N) is 2.